The molecule has 158 valence electrons. The number of hydrogen-bond donors (Lipinski definition) is 1. The zero-order valence-corrected chi connectivity index (χ0v) is 18.5. The van der Waals surface area contributed by atoms with Crippen molar-refractivity contribution < 1.29 is 9.32 Å². The Morgan fingerprint density at radius 3 is 2.58 bits per heavy atom. The smallest absolute Gasteiger partial charge is 0.266 e. The summed E-state index contributed by atoms with van der Waals surface area (Å²) in [6, 6.07) is 14.7. The van der Waals surface area contributed by atoms with Crippen molar-refractivity contribution in [3.63, 3.8) is 0 Å². The van der Waals surface area contributed by atoms with E-state index in [0.29, 0.717) is 33.3 Å². The van der Waals surface area contributed by atoms with E-state index in [-0.39, 0.29) is 11.5 Å². The summed E-state index contributed by atoms with van der Waals surface area (Å²) in [6.45, 7) is 7.54. The van der Waals surface area contributed by atoms with Gasteiger partial charge in [-0.15, -0.1) is 0 Å². The number of carbonyl (C=O) groups is 1. The van der Waals surface area contributed by atoms with Crippen LogP contribution < -0.4 is 10.9 Å². The summed E-state index contributed by atoms with van der Waals surface area (Å²) in [4.78, 5) is 30.8. The van der Waals surface area contributed by atoms with Gasteiger partial charge in [-0.3, -0.25) is 14.2 Å². The van der Waals surface area contributed by atoms with Gasteiger partial charge in [0.15, 0.2) is 11.0 Å². The number of rotatable bonds is 5. The third-order valence-corrected chi connectivity index (χ3v) is 6.08. The Kier molecular flexibility index (Phi) is 5.65. The van der Waals surface area contributed by atoms with E-state index < -0.39 is 5.25 Å². The number of thioether (sulfide) groups is 1. The first-order valence-corrected chi connectivity index (χ1v) is 10.7. The number of para-hydroxylation sites is 1. The highest BCUT2D eigenvalue weighted by atomic mass is 32.2. The Bertz CT molecular complexity index is 1340. The monoisotopic (exact) mass is 434 g/mol. The molecule has 0 aliphatic carbocycles. The molecule has 0 aliphatic rings. The van der Waals surface area contributed by atoms with Gasteiger partial charge in [0, 0.05) is 6.07 Å². The number of benzene rings is 2. The number of anilines is 1. The van der Waals surface area contributed by atoms with E-state index >= 15 is 0 Å². The Labute approximate surface area is 183 Å². The number of carbonyl (C=O) groups excluding carboxylic acids is 1. The highest BCUT2D eigenvalue weighted by Gasteiger charge is 2.21. The second-order valence-corrected chi connectivity index (χ2v) is 8.70. The van der Waals surface area contributed by atoms with Crippen LogP contribution >= 0.6 is 11.8 Å². The third-order valence-electron chi connectivity index (χ3n) is 5.02. The molecule has 0 spiro atoms. The molecule has 0 bridgehead atoms. The number of aromatic nitrogens is 3. The van der Waals surface area contributed by atoms with E-state index in [4.69, 9.17) is 9.51 Å². The fourth-order valence-electron chi connectivity index (χ4n) is 3.15. The largest absolute Gasteiger partial charge is 0.360 e. The molecule has 0 fully saturated rings. The highest BCUT2D eigenvalue weighted by Crippen LogP contribution is 2.26. The van der Waals surface area contributed by atoms with Gasteiger partial charge in [0.2, 0.25) is 5.91 Å². The van der Waals surface area contributed by atoms with Crippen molar-refractivity contribution in [3.8, 4) is 5.69 Å². The van der Waals surface area contributed by atoms with Crippen molar-refractivity contribution in [2.24, 2.45) is 0 Å². The van der Waals surface area contributed by atoms with Gasteiger partial charge in [0.05, 0.1) is 21.8 Å². The molecule has 1 atom stereocenters. The average Bonchev–Trinajstić information content (AvgIpc) is 3.15. The predicted molar refractivity (Wildman–Crippen MR) is 122 cm³/mol. The molecule has 31 heavy (non-hydrogen) atoms. The lowest BCUT2D eigenvalue weighted by Gasteiger charge is -2.16. The van der Waals surface area contributed by atoms with E-state index in [0.717, 1.165) is 11.1 Å². The number of hydrogen-bond acceptors (Lipinski definition) is 6. The Balaban J connectivity index is 1.75. The van der Waals surface area contributed by atoms with Gasteiger partial charge in [0.25, 0.3) is 5.56 Å². The first kappa shape index (κ1) is 20.9. The van der Waals surface area contributed by atoms with Gasteiger partial charge in [0.1, 0.15) is 5.76 Å². The minimum absolute atomic E-state index is 0.170. The fourth-order valence-corrected chi connectivity index (χ4v) is 4.08. The van der Waals surface area contributed by atoms with Gasteiger partial charge in [-0.2, -0.15) is 0 Å². The second kappa shape index (κ2) is 8.39. The molecular weight excluding hydrogens is 412 g/mol. The van der Waals surface area contributed by atoms with Crippen LogP contribution in [0, 0.1) is 20.8 Å². The number of nitrogens with zero attached hydrogens (tertiary/aromatic N) is 3. The van der Waals surface area contributed by atoms with Crippen molar-refractivity contribution in [2.45, 2.75) is 38.1 Å². The molecule has 1 N–H and O–H groups in total. The lowest BCUT2D eigenvalue weighted by atomic mass is 10.1. The number of aryl methyl sites for hydroxylation is 3. The molecule has 2 aromatic heterocycles. The van der Waals surface area contributed by atoms with Crippen molar-refractivity contribution in [1.29, 1.82) is 0 Å². The van der Waals surface area contributed by atoms with Crippen LogP contribution in [0.4, 0.5) is 5.82 Å². The SMILES string of the molecule is Cc1cc(NC(=O)C(C)Sc2nc3ccccc3c(=O)n2-c2ccc(C)c(C)c2)no1. The van der Waals surface area contributed by atoms with Gasteiger partial charge in [-0.1, -0.05) is 35.1 Å². The molecule has 0 aliphatic heterocycles. The van der Waals surface area contributed by atoms with E-state index in [9.17, 15) is 9.59 Å². The van der Waals surface area contributed by atoms with Gasteiger partial charge in [-0.05, 0) is 63.1 Å². The normalized spacial score (nSPS) is 12.1. The van der Waals surface area contributed by atoms with E-state index in [1.807, 2.05) is 44.2 Å². The van der Waals surface area contributed by atoms with Crippen molar-refractivity contribution in [1.82, 2.24) is 14.7 Å². The first-order chi connectivity index (χ1) is 14.8. The van der Waals surface area contributed by atoms with Gasteiger partial charge < -0.3 is 9.84 Å². The van der Waals surface area contributed by atoms with Crippen molar-refractivity contribution in [3.05, 3.63) is 75.8 Å². The van der Waals surface area contributed by atoms with Crippen molar-refractivity contribution >= 4 is 34.4 Å². The lowest BCUT2D eigenvalue weighted by Crippen LogP contribution is -2.26. The zero-order valence-electron chi connectivity index (χ0n) is 17.7. The summed E-state index contributed by atoms with van der Waals surface area (Å²) >= 11 is 1.22. The Morgan fingerprint density at radius 1 is 1.10 bits per heavy atom. The Morgan fingerprint density at radius 2 is 1.87 bits per heavy atom. The van der Waals surface area contributed by atoms with Gasteiger partial charge in [-0.25, -0.2) is 4.98 Å². The number of amides is 1. The molecule has 4 rings (SSSR count). The number of fused-ring (bicyclic) bond motifs is 1. The Hall–Kier alpha value is -3.39. The van der Waals surface area contributed by atoms with Crippen LogP contribution in [-0.2, 0) is 4.79 Å². The molecule has 0 saturated heterocycles. The van der Waals surface area contributed by atoms with Crippen LogP contribution in [0.3, 0.4) is 0 Å². The summed E-state index contributed by atoms with van der Waals surface area (Å²) in [5, 5.41) is 6.98. The summed E-state index contributed by atoms with van der Waals surface area (Å²) in [5.74, 6) is 0.704. The van der Waals surface area contributed by atoms with Crippen LogP contribution in [0.15, 0.2) is 63.0 Å². The highest BCUT2D eigenvalue weighted by molar-refractivity contribution is 8.00. The molecular formula is C23H22N4O3S. The summed E-state index contributed by atoms with van der Waals surface area (Å²) in [5.41, 5.74) is 3.34. The van der Waals surface area contributed by atoms with Crippen molar-refractivity contribution in [2.75, 3.05) is 5.32 Å². The van der Waals surface area contributed by atoms with Crippen LogP contribution in [0.25, 0.3) is 16.6 Å². The third kappa shape index (κ3) is 4.25. The summed E-state index contributed by atoms with van der Waals surface area (Å²) in [7, 11) is 0. The average molecular weight is 435 g/mol. The van der Waals surface area contributed by atoms with E-state index in [1.165, 1.54) is 11.8 Å². The lowest BCUT2D eigenvalue weighted by molar-refractivity contribution is -0.115. The molecule has 7 nitrogen and oxygen atoms in total. The molecule has 0 saturated carbocycles. The molecule has 0 radical (unpaired) electrons. The molecule has 4 aromatic rings. The van der Waals surface area contributed by atoms with Gasteiger partial charge >= 0.3 is 0 Å². The quantitative estimate of drug-likeness (QED) is 0.369. The maximum atomic E-state index is 13.4. The van der Waals surface area contributed by atoms with Crippen LogP contribution in [0.1, 0.15) is 23.8 Å². The number of nitrogens with one attached hydrogen (secondary N) is 1. The van der Waals surface area contributed by atoms with Crippen LogP contribution in [0.5, 0.6) is 0 Å². The summed E-state index contributed by atoms with van der Waals surface area (Å²) in [6.07, 6.45) is 0. The van der Waals surface area contributed by atoms with E-state index in [1.54, 1.807) is 36.6 Å². The second-order valence-electron chi connectivity index (χ2n) is 7.39. The topological polar surface area (TPSA) is 90.0 Å². The summed E-state index contributed by atoms with van der Waals surface area (Å²) < 4.78 is 6.57. The van der Waals surface area contributed by atoms with Crippen LogP contribution in [0.2, 0.25) is 0 Å². The molecule has 2 aromatic carbocycles. The molecule has 1 amide bonds. The standard InChI is InChI=1S/C23H22N4O3S/c1-13-9-10-17(11-14(13)2)27-22(29)18-7-5-6-8-19(18)24-23(27)31-16(4)21(28)25-20-12-15(3)30-26-20/h5-12,16H,1-4H3,(H,25,26,28). The minimum Gasteiger partial charge on any atom is -0.360 e. The first-order valence-electron chi connectivity index (χ1n) is 9.84. The maximum Gasteiger partial charge on any atom is 0.266 e. The molecule has 8 heteroatoms. The molecule has 1 unspecified atom stereocenters. The maximum absolute atomic E-state index is 13.4. The molecule has 2 heterocycles. The van der Waals surface area contributed by atoms with E-state index in [2.05, 4.69) is 10.5 Å². The zero-order chi connectivity index (χ0) is 22.1. The minimum atomic E-state index is -0.525. The van der Waals surface area contributed by atoms with Crippen LogP contribution in [-0.4, -0.2) is 25.9 Å². The predicted octanol–water partition coefficient (Wildman–Crippen LogP) is 4.42. The fraction of sp³-hybridized carbons (Fsp3) is 0.217.